The summed E-state index contributed by atoms with van der Waals surface area (Å²) in [5, 5.41) is 9.04. The van der Waals surface area contributed by atoms with E-state index in [9.17, 15) is 9.59 Å². The van der Waals surface area contributed by atoms with Gasteiger partial charge in [0.15, 0.2) is 0 Å². The van der Waals surface area contributed by atoms with E-state index in [-0.39, 0.29) is 24.4 Å². The fourth-order valence-corrected chi connectivity index (χ4v) is 1.05. The summed E-state index contributed by atoms with van der Waals surface area (Å²) in [4.78, 5) is 22.4. The van der Waals surface area contributed by atoms with Crippen molar-refractivity contribution in [2.24, 2.45) is 0 Å². The van der Waals surface area contributed by atoms with Crippen LogP contribution in [0.3, 0.4) is 0 Å². The number of rotatable bonds is 5. The highest BCUT2D eigenvalue weighted by molar-refractivity contribution is 5.87. The van der Waals surface area contributed by atoms with Gasteiger partial charge in [0.05, 0.1) is 6.42 Å². The predicted octanol–water partition coefficient (Wildman–Crippen LogP) is 1.81. The van der Waals surface area contributed by atoms with Gasteiger partial charge in [0.1, 0.15) is 18.1 Å². The molecule has 0 saturated heterocycles. The van der Waals surface area contributed by atoms with E-state index >= 15 is 0 Å². The number of carbonyl (C=O) groups is 2. The van der Waals surface area contributed by atoms with Crippen LogP contribution in [0.25, 0.3) is 0 Å². The van der Waals surface area contributed by atoms with E-state index in [2.05, 4.69) is 6.58 Å². The van der Waals surface area contributed by atoms with Gasteiger partial charge in [0, 0.05) is 5.57 Å². The van der Waals surface area contributed by atoms with E-state index in [1.54, 1.807) is 0 Å². The minimum absolute atomic E-state index is 0.0418. The maximum Gasteiger partial charge on any atom is 0.333 e. The second kappa shape index (κ2) is 6.44. The number of phenolic OH excluding ortho intramolecular Hbond substituents is 1. The smallest absolute Gasteiger partial charge is 0.333 e. The molecule has 5 heteroatoms. The molecule has 5 nitrogen and oxygen atoms in total. The van der Waals surface area contributed by atoms with Crippen molar-refractivity contribution >= 4 is 11.9 Å². The van der Waals surface area contributed by atoms with Crippen LogP contribution in [-0.4, -0.2) is 23.7 Å². The molecule has 0 saturated carbocycles. The topological polar surface area (TPSA) is 72.8 Å². The average molecular weight is 250 g/mol. The Balaban J connectivity index is 2.32. The maximum atomic E-state index is 11.4. The zero-order valence-corrected chi connectivity index (χ0v) is 10.0. The largest absolute Gasteiger partial charge is 0.508 e. The molecule has 0 spiro atoms. The van der Waals surface area contributed by atoms with Crippen molar-refractivity contribution in [2.75, 3.05) is 6.61 Å². The number of ether oxygens (including phenoxy) is 2. The Labute approximate surface area is 105 Å². The summed E-state index contributed by atoms with van der Waals surface area (Å²) in [7, 11) is 0. The van der Waals surface area contributed by atoms with Crippen LogP contribution in [0, 0.1) is 0 Å². The van der Waals surface area contributed by atoms with Crippen molar-refractivity contribution in [1.29, 1.82) is 0 Å². The number of phenols is 1. The van der Waals surface area contributed by atoms with Gasteiger partial charge in [-0.15, -0.1) is 0 Å². The number of aromatic hydroxyl groups is 1. The van der Waals surface area contributed by atoms with Gasteiger partial charge < -0.3 is 14.6 Å². The van der Waals surface area contributed by atoms with E-state index in [1.165, 1.54) is 31.2 Å². The summed E-state index contributed by atoms with van der Waals surface area (Å²) in [6.07, 6.45) is -0.0418. The van der Waals surface area contributed by atoms with Gasteiger partial charge in [-0.1, -0.05) is 6.58 Å². The molecular formula is C13H14O5. The van der Waals surface area contributed by atoms with Crippen LogP contribution in [0.4, 0.5) is 0 Å². The lowest BCUT2D eigenvalue weighted by Crippen LogP contribution is -2.14. The zero-order chi connectivity index (χ0) is 13.5. The molecule has 0 bridgehead atoms. The summed E-state index contributed by atoms with van der Waals surface area (Å²) < 4.78 is 9.70. The predicted molar refractivity (Wildman–Crippen MR) is 64.1 cm³/mol. The summed E-state index contributed by atoms with van der Waals surface area (Å²) in [6.45, 7) is 4.89. The van der Waals surface area contributed by atoms with E-state index in [4.69, 9.17) is 14.6 Å². The van der Waals surface area contributed by atoms with Gasteiger partial charge in [0.2, 0.25) is 0 Å². The molecule has 0 radical (unpaired) electrons. The first-order chi connectivity index (χ1) is 8.49. The molecule has 0 aliphatic heterocycles. The van der Waals surface area contributed by atoms with Gasteiger partial charge >= 0.3 is 11.9 Å². The lowest BCUT2D eigenvalue weighted by Gasteiger charge is -2.05. The highest BCUT2D eigenvalue weighted by atomic mass is 16.5. The Morgan fingerprint density at radius 2 is 1.89 bits per heavy atom. The fraction of sp³-hybridized carbons (Fsp3) is 0.231. The third-order valence-corrected chi connectivity index (χ3v) is 1.96. The van der Waals surface area contributed by atoms with Crippen molar-refractivity contribution in [3.8, 4) is 11.5 Å². The van der Waals surface area contributed by atoms with Crippen molar-refractivity contribution in [2.45, 2.75) is 13.3 Å². The standard InChI is InChI=1S/C13H14O5/c1-9(2)13(16)17-8-7-12(15)18-11-5-3-10(14)4-6-11/h3-6,14H,1,7-8H2,2H3. The Morgan fingerprint density at radius 1 is 1.28 bits per heavy atom. The molecule has 0 aromatic heterocycles. The first-order valence-electron chi connectivity index (χ1n) is 5.31. The molecular weight excluding hydrogens is 236 g/mol. The second-order valence-electron chi connectivity index (χ2n) is 3.63. The minimum Gasteiger partial charge on any atom is -0.508 e. The Bertz CT molecular complexity index is 447. The number of hydrogen-bond donors (Lipinski definition) is 1. The van der Waals surface area contributed by atoms with E-state index in [1.807, 2.05) is 0 Å². The fourth-order valence-electron chi connectivity index (χ4n) is 1.05. The highest BCUT2D eigenvalue weighted by Gasteiger charge is 2.08. The zero-order valence-electron chi connectivity index (χ0n) is 10.0. The average Bonchev–Trinajstić information content (AvgIpc) is 2.32. The lowest BCUT2D eigenvalue weighted by molar-refractivity contribution is -0.142. The van der Waals surface area contributed by atoms with Gasteiger partial charge in [-0.25, -0.2) is 4.79 Å². The number of esters is 2. The van der Waals surface area contributed by atoms with Crippen molar-refractivity contribution in [3.63, 3.8) is 0 Å². The van der Waals surface area contributed by atoms with E-state index in [0.29, 0.717) is 5.75 Å². The third-order valence-electron chi connectivity index (χ3n) is 1.96. The third kappa shape index (κ3) is 4.69. The molecule has 0 fully saturated rings. The van der Waals surface area contributed by atoms with Crippen molar-refractivity contribution < 1.29 is 24.2 Å². The van der Waals surface area contributed by atoms with Crippen LogP contribution in [-0.2, 0) is 14.3 Å². The van der Waals surface area contributed by atoms with Gasteiger partial charge in [-0.2, -0.15) is 0 Å². The normalized spacial score (nSPS) is 9.61. The number of carbonyl (C=O) groups excluding carboxylic acids is 2. The second-order valence-corrected chi connectivity index (χ2v) is 3.63. The molecule has 1 rings (SSSR count). The molecule has 0 aliphatic rings. The summed E-state index contributed by atoms with van der Waals surface area (Å²) >= 11 is 0. The molecule has 0 aliphatic carbocycles. The number of benzene rings is 1. The van der Waals surface area contributed by atoms with Crippen LogP contribution in [0.5, 0.6) is 11.5 Å². The molecule has 18 heavy (non-hydrogen) atoms. The van der Waals surface area contributed by atoms with Crippen molar-refractivity contribution in [1.82, 2.24) is 0 Å². The van der Waals surface area contributed by atoms with Gasteiger partial charge in [0.25, 0.3) is 0 Å². The van der Waals surface area contributed by atoms with E-state index < -0.39 is 11.9 Å². The quantitative estimate of drug-likeness (QED) is 0.490. The molecule has 0 unspecified atom stereocenters. The van der Waals surface area contributed by atoms with Crippen LogP contribution >= 0.6 is 0 Å². The molecule has 0 atom stereocenters. The lowest BCUT2D eigenvalue weighted by atomic mass is 10.3. The SMILES string of the molecule is C=C(C)C(=O)OCCC(=O)Oc1ccc(O)cc1. The summed E-state index contributed by atoms with van der Waals surface area (Å²) in [6, 6.07) is 5.74. The van der Waals surface area contributed by atoms with Crippen LogP contribution in [0.1, 0.15) is 13.3 Å². The van der Waals surface area contributed by atoms with Crippen LogP contribution < -0.4 is 4.74 Å². The number of hydrogen-bond acceptors (Lipinski definition) is 5. The van der Waals surface area contributed by atoms with E-state index in [0.717, 1.165) is 0 Å². The van der Waals surface area contributed by atoms with Crippen LogP contribution in [0.2, 0.25) is 0 Å². The van der Waals surface area contributed by atoms with Crippen molar-refractivity contribution in [3.05, 3.63) is 36.4 Å². The first kappa shape index (κ1) is 13.8. The highest BCUT2D eigenvalue weighted by Crippen LogP contribution is 2.16. The molecule has 0 amide bonds. The summed E-state index contributed by atoms with van der Waals surface area (Å²) in [5.41, 5.74) is 0.280. The molecule has 1 aromatic rings. The maximum absolute atomic E-state index is 11.4. The van der Waals surface area contributed by atoms with Crippen LogP contribution in [0.15, 0.2) is 36.4 Å². The van der Waals surface area contributed by atoms with Gasteiger partial charge in [-0.3, -0.25) is 4.79 Å². The molecule has 1 N–H and O–H groups in total. The van der Waals surface area contributed by atoms with Gasteiger partial charge in [-0.05, 0) is 31.2 Å². The Kier molecular flexibility index (Phi) is 4.92. The molecule has 0 heterocycles. The minimum atomic E-state index is -0.535. The monoisotopic (exact) mass is 250 g/mol. The Morgan fingerprint density at radius 3 is 2.44 bits per heavy atom. The molecule has 1 aromatic carbocycles. The Hall–Kier alpha value is -2.30. The summed E-state index contributed by atoms with van der Waals surface area (Å²) in [5.74, 6) is -0.642. The molecule has 96 valence electrons. The first-order valence-corrected chi connectivity index (χ1v) is 5.31.